The summed E-state index contributed by atoms with van der Waals surface area (Å²) in [5.74, 6) is 1.19. The quantitative estimate of drug-likeness (QED) is 0.742. The lowest BCUT2D eigenvalue weighted by Gasteiger charge is -2.19. The molecule has 0 fully saturated rings. The average Bonchev–Trinajstić information content (AvgIpc) is 2.27. The van der Waals surface area contributed by atoms with E-state index in [0.29, 0.717) is 19.0 Å². The van der Waals surface area contributed by atoms with Crippen LogP contribution >= 0.6 is 0 Å². The minimum absolute atomic E-state index is 0.232. The first kappa shape index (κ1) is 15.3. The van der Waals surface area contributed by atoms with Crippen LogP contribution in [0.2, 0.25) is 0 Å². The fourth-order valence-electron chi connectivity index (χ4n) is 1.47. The van der Waals surface area contributed by atoms with Gasteiger partial charge in [-0.1, -0.05) is 6.07 Å². The molecule has 4 heteroatoms. The first-order valence-corrected chi connectivity index (χ1v) is 6.48. The van der Waals surface area contributed by atoms with Gasteiger partial charge in [0.2, 0.25) is 0 Å². The van der Waals surface area contributed by atoms with Crippen LogP contribution < -0.4 is 9.47 Å². The van der Waals surface area contributed by atoms with E-state index in [9.17, 15) is 4.79 Å². The van der Waals surface area contributed by atoms with Crippen LogP contribution in [0.1, 0.15) is 34.1 Å². The Balaban J connectivity index is 2.36. The molecule has 0 saturated heterocycles. The Morgan fingerprint density at radius 2 is 1.79 bits per heavy atom. The van der Waals surface area contributed by atoms with Crippen molar-refractivity contribution in [3.63, 3.8) is 0 Å². The number of benzene rings is 1. The molecule has 106 valence electrons. The molecule has 0 aromatic heterocycles. The molecular weight excluding hydrogens is 244 g/mol. The van der Waals surface area contributed by atoms with E-state index in [0.717, 1.165) is 5.75 Å². The normalized spacial score (nSPS) is 10.9. The summed E-state index contributed by atoms with van der Waals surface area (Å²) in [5.41, 5.74) is -0.452. The molecule has 0 saturated carbocycles. The number of hydrogen-bond acceptors (Lipinski definition) is 4. The third-order valence-corrected chi connectivity index (χ3v) is 2.11. The SMILES string of the molecule is CCOc1cccc(OCCC(=O)OC(C)(C)C)c1. The van der Waals surface area contributed by atoms with Crippen molar-refractivity contribution < 1.29 is 19.0 Å². The zero-order valence-corrected chi connectivity index (χ0v) is 12.1. The van der Waals surface area contributed by atoms with Crippen LogP contribution in [0.15, 0.2) is 24.3 Å². The third-order valence-electron chi connectivity index (χ3n) is 2.11. The van der Waals surface area contributed by atoms with Gasteiger partial charge < -0.3 is 14.2 Å². The molecule has 0 atom stereocenters. The first-order chi connectivity index (χ1) is 8.90. The lowest BCUT2D eigenvalue weighted by Crippen LogP contribution is -2.24. The minimum Gasteiger partial charge on any atom is -0.494 e. The van der Waals surface area contributed by atoms with Crippen LogP contribution in [0.25, 0.3) is 0 Å². The number of ether oxygens (including phenoxy) is 3. The zero-order chi connectivity index (χ0) is 14.3. The van der Waals surface area contributed by atoms with Crippen molar-refractivity contribution in [2.75, 3.05) is 13.2 Å². The molecule has 0 N–H and O–H groups in total. The molecule has 4 nitrogen and oxygen atoms in total. The molecule has 0 heterocycles. The Morgan fingerprint density at radius 3 is 2.37 bits per heavy atom. The number of esters is 1. The van der Waals surface area contributed by atoms with Gasteiger partial charge >= 0.3 is 5.97 Å². The number of carbonyl (C=O) groups excluding carboxylic acids is 1. The van der Waals surface area contributed by atoms with Gasteiger partial charge in [0.25, 0.3) is 0 Å². The molecule has 19 heavy (non-hydrogen) atoms. The van der Waals surface area contributed by atoms with Crippen LogP contribution in [-0.2, 0) is 9.53 Å². The molecule has 0 unspecified atom stereocenters. The fraction of sp³-hybridized carbons (Fsp3) is 0.533. The summed E-state index contributed by atoms with van der Waals surface area (Å²) in [6.45, 7) is 8.37. The van der Waals surface area contributed by atoms with E-state index in [-0.39, 0.29) is 12.4 Å². The Morgan fingerprint density at radius 1 is 1.16 bits per heavy atom. The van der Waals surface area contributed by atoms with Crippen LogP contribution in [0, 0.1) is 0 Å². The highest BCUT2D eigenvalue weighted by molar-refractivity contribution is 5.69. The summed E-state index contributed by atoms with van der Waals surface area (Å²) in [4.78, 5) is 11.5. The van der Waals surface area contributed by atoms with E-state index in [1.54, 1.807) is 6.07 Å². The van der Waals surface area contributed by atoms with Gasteiger partial charge in [0.15, 0.2) is 0 Å². The lowest BCUT2D eigenvalue weighted by molar-refractivity contribution is -0.155. The molecule has 1 rings (SSSR count). The molecule has 0 amide bonds. The predicted molar refractivity (Wildman–Crippen MR) is 73.6 cm³/mol. The van der Waals surface area contributed by atoms with Crippen molar-refractivity contribution in [1.29, 1.82) is 0 Å². The highest BCUT2D eigenvalue weighted by Gasteiger charge is 2.15. The maximum absolute atomic E-state index is 11.5. The molecule has 0 radical (unpaired) electrons. The van der Waals surface area contributed by atoms with Gasteiger partial charge in [0, 0.05) is 6.07 Å². The minimum atomic E-state index is -0.452. The maximum atomic E-state index is 11.5. The van der Waals surface area contributed by atoms with E-state index in [1.807, 2.05) is 45.9 Å². The molecule has 0 aliphatic carbocycles. The summed E-state index contributed by atoms with van der Waals surface area (Å²) < 4.78 is 16.1. The molecule has 0 bridgehead atoms. The Bertz CT molecular complexity index is 407. The van der Waals surface area contributed by atoms with Gasteiger partial charge in [0.1, 0.15) is 17.1 Å². The second kappa shape index (κ2) is 7.02. The summed E-state index contributed by atoms with van der Waals surface area (Å²) in [5, 5.41) is 0. The van der Waals surface area contributed by atoms with Gasteiger partial charge in [-0.3, -0.25) is 4.79 Å². The number of rotatable bonds is 6. The predicted octanol–water partition coefficient (Wildman–Crippen LogP) is 3.20. The highest BCUT2D eigenvalue weighted by atomic mass is 16.6. The first-order valence-electron chi connectivity index (χ1n) is 6.48. The molecular formula is C15H22O4. The summed E-state index contributed by atoms with van der Waals surface area (Å²) in [7, 11) is 0. The largest absolute Gasteiger partial charge is 0.494 e. The molecule has 0 aliphatic rings. The van der Waals surface area contributed by atoms with Gasteiger partial charge in [-0.15, -0.1) is 0 Å². The van der Waals surface area contributed by atoms with E-state index >= 15 is 0 Å². The van der Waals surface area contributed by atoms with E-state index in [1.165, 1.54) is 0 Å². The van der Waals surface area contributed by atoms with E-state index in [2.05, 4.69) is 0 Å². The molecule has 1 aromatic rings. The van der Waals surface area contributed by atoms with Crippen LogP contribution in [0.5, 0.6) is 11.5 Å². The van der Waals surface area contributed by atoms with Crippen molar-refractivity contribution in [3.8, 4) is 11.5 Å². The van der Waals surface area contributed by atoms with Crippen molar-refractivity contribution in [2.24, 2.45) is 0 Å². The van der Waals surface area contributed by atoms with Crippen LogP contribution in [0.3, 0.4) is 0 Å². The van der Waals surface area contributed by atoms with Gasteiger partial charge in [-0.2, -0.15) is 0 Å². The fourth-order valence-corrected chi connectivity index (χ4v) is 1.47. The summed E-state index contributed by atoms with van der Waals surface area (Å²) in [6, 6.07) is 7.36. The molecule has 0 aliphatic heterocycles. The van der Waals surface area contributed by atoms with Crippen molar-refractivity contribution >= 4 is 5.97 Å². The number of carbonyl (C=O) groups is 1. The van der Waals surface area contributed by atoms with Gasteiger partial charge in [-0.05, 0) is 39.8 Å². The lowest BCUT2D eigenvalue weighted by atomic mass is 10.2. The highest BCUT2D eigenvalue weighted by Crippen LogP contribution is 2.19. The summed E-state index contributed by atoms with van der Waals surface area (Å²) >= 11 is 0. The van der Waals surface area contributed by atoms with Crippen LogP contribution in [-0.4, -0.2) is 24.8 Å². The van der Waals surface area contributed by atoms with Crippen molar-refractivity contribution in [2.45, 2.75) is 39.7 Å². The second-order valence-corrected chi connectivity index (χ2v) is 5.09. The van der Waals surface area contributed by atoms with Gasteiger partial charge in [0.05, 0.1) is 19.6 Å². The third kappa shape index (κ3) is 6.70. The van der Waals surface area contributed by atoms with Crippen molar-refractivity contribution in [1.82, 2.24) is 0 Å². The Labute approximate surface area is 114 Å². The molecule has 1 aromatic carbocycles. The smallest absolute Gasteiger partial charge is 0.309 e. The monoisotopic (exact) mass is 266 g/mol. The number of hydrogen-bond donors (Lipinski definition) is 0. The Hall–Kier alpha value is -1.71. The maximum Gasteiger partial charge on any atom is 0.309 e. The average molecular weight is 266 g/mol. The standard InChI is InChI=1S/C15H22O4/c1-5-17-12-7-6-8-13(11-12)18-10-9-14(16)19-15(2,3)4/h6-8,11H,5,9-10H2,1-4H3. The topological polar surface area (TPSA) is 44.8 Å². The Kier molecular flexibility index (Phi) is 5.67. The van der Waals surface area contributed by atoms with E-state index in [4.69, 9.17) is 14.2 Å². The summed E-state index contributed by atoms with van der Waals surface area (Å²) in [6.07, 6.45) is 0.232. The zero-order valence-electron chi connectivity index (χ0n) is 12.1. The van der Waals surface area contributed by atoms with Crippen LogP contribution in [0.4, 0.5) is 0 Å². The van der Waals surface area contributed by atoms with Crippen molar-refractivity contribution in [3.05, 3.63) is 24.3 Å². The van der Waals surface area contributed by atoms with E-state index < -0.39 is 5.60 Å². The molecule has 0 spiro atoms. The van der Waals surface area contributed by atoms with Gasteiger partial charge in [-0.25, -0.2) is 0 Å². The second-order valence-electron chi connectivity index (χ2n) is 5.09.